The molecular formula is C13H19N3. The minimum atomic E-state index is 0.0673. The quantitative estimate of drug-likeness (QED) is 0.859. The lowest BCUT2D eigenvalue weighted by Gasteiger charge is -2.13. The fourth-order valence-electron chi connectivity index (χ4n) is 2.01. The third kappa shape index (κ3) is 2.09. The second-order valence-corrected chi connectivity index (χ2v) is 4.85. The Kier molecular flexibility index (Phi) is 2.97. The lowest BCUT2D eigenvalue weighted by atomic mass is 10.0. The third-order valence-electron chi connectivity index (χ3n) is 2.80. The number of aryl methyl sites for hydroxylation is 1. The van der Waals surface area contributed by atoms with E-state index in [1.807, 2.05) is 12.4 Å². The molecule has 0 bridgehead atoms. The van der Waals surface area contributed by atoms with Crippen molar-refractivity contribution in [2.45, 2.75) is 33.2 Å². The van der Waals surface area contributed by atoms with Crippen LogP contribution >= 0.6 is 0 Å². The van der Waals surface area contributed by atoms with Crippen molar-refractivity contribution in [2.24, 2.45) is 11.7 Å². The molecule has 2 aromatic rings. The molecule has 3 nitrogen and oxygen atoms in total. The Hall–Kier alpha value is -1.35. The average molecular weight is 217 g/mol. The van der Waals surface area contributed by atoms with Crippen LogP contribution in [0.2, 0.25) is 0 Å². The minimum Gasteiger partial charge on any atom is -0.323 e. The van der Waals surface area contributed by atoms with E-state index in [4.69, 9.17) is 5.73 Å². The Morgan fingerprint density at radius 3 is 2.88 bits per heavy atom. The number of nitrogens with zero attached hydrogens (tertiary/aromatic N) is 2. The van der Waals surface area contributed by atoms with E-state index in [-0.39, 0.29) is 6.04 Å². The highest BCUT2D eigenvalue weighted by molar-refractivity contribution is 5.43. The van der Waals surface area contributed by atoms with Crippen LogP contribution in [0.5, 0.6) is 0 Å². The van der Waals surface area contributed by atoms with E-state index in [1.54, 1.807) is 0 Å². The topological polar surface area (TPSA) is 43.3 Å². The maximum Gasteiger partial charge on any atom is 0.137 e. The van der Waals surface area contributed by atoms with Crippen molar-refractivity contribution < 1.29 is 0 Å². The first kappa shape index (κ1) is 11.1. The van der Waals surface area contributed by atoms with Gasteiger partial charge in [0.15, 0.2) is 0 Å². The zero-order chi connectivity index (χ0) is 11.7. The van der Waals surface area contributed by atoms with Gasteiger partial charge in [-0.1, -0.05) is 13.8 Å². The number of imidazole rings is 1. The van der Waals surface area contributed by atoms with Gasteiger partial charge in [-0.2, -0.15) is 0 Å². The number of hydrogen-bond acceptors (Lipinski definition) is 2. The first-order chi connectivity index (χ1) is 7.58. The molecule has 0 amide bonds. The summed E-state index contributed by atoms with van der Waals surface area (Å²) in [5.74, 6) is 0.603. The van der Waals surface area contributed by atoms with Crippen molar-refractivity contribution in [1.29, 1.82) is 0 Å². The molecule has 2 heterocycles. The fourth-order valence-corrected chi connectivity index (χ4v) is 2.01. The predicted molar refractivity (Wildman–Crippen MR) is 66.3 cm³/mol. The van der Waals surface area contributed by atoms with Gasteiger partial charge in [-0.05, 0) is 37.0 Å². The molecule has 0 saturated carbocycles. The monoisotopic (exact) mass is 217 g/mol. The first-order valence-corrected chi connectivity index (χ1v) is 5.77. The molecule has 1 atom stereocenters. The van der Waals surface area contributed by atoms with Gasteiger partial charge in [0.2, 0.25) is 0 Å². The van der Waals surface area contributed by atoms with Gasteiger partial charge in [0, 0.05) is 12.2 Å². The van der Waals surface area contributed by atoms with Crippen molar-refractivity contribution in [2.75, 3.05) is 0 Å². The molecule has 3 heteroatoms. The molecule has 0 fully saturated rings. The Morgan fingerprint density at radius 1 is 1.44 bits per heavy atom. The van der Waals surface area contributed by atoms with Gasteiger partial charge >= 0.3 is 0 Å². The summed E-state index contributed by atoms with van der Waals surface area (Å²) in [4.78, 5) is 4.39. The molecule has 2 N–H and O–H groups in total. The zero-order valence-corrected chi connectivity index (χ0v) is 10.1. The van der Waals surface area contributed by atoms with Crippen LogP contribution in [-0.4, -0.2) is 9.38 Å². The molecule has 2 aromatic heterocycles. The Balaban J connectivity index is 2.38. The van der Waals surface area contributed by atoms with E-state index >= 15 is 0 Å². The van der Waals surface area contributed by atoms with E-state index in [0.29, 0.717) is 5.92 Å². The summed E-state index contributed by atoms with van der Waals surface area (Å²) in [6.07, 6.45) is 4.93. The molecule has 86 valence electrons. The number of rotatable bonds is 3. The predicted octanol–water partition coefficient (Wildman–Crippen LogP) is 2.69. The van der Waals surface area contributed by atoms with Crippen molar-refractivity contribution in [1.82, 2.24) is 9.38 Å². The van der Waals surface area contributed by atoms with Gasteiger partial charge in [-0.25, -0.2) is 4.98 Å². The van der Waals surface area contributed by atoms with Gasteiger partial charge < -0.3 is 10.1 Å². The molecule has 0 saturated heterocycles. The van der Waals surface area contributed by atoms with E-state index < -0.39 is 0 Å². The fraction of sp³-hybridized carbons (Fsp3) is 0.462. The minimum absolute atomic E-state index is 0.0673. The lowest BCUT2D eigenvalue weighted by molar-refractivity contribution is 0.500. The van der Waals surface area contributed by atoms with Gasteiger partial charge in [0.05, 0.1) is 11.9 Å². The van der Waals surface area contributed by atoms with Crippen LogP contribution in [0, 0.1) is 12.8 Å². The summed E-state index contributed by atoms with van der Waals surface area (Å²) in [6.45, 7) is 6.45. The molecule has 0 aliphatic rings. The molecule has 0 radical (unpaired) electrons. The van der Waals surface area contributed by atoms with E-state index in [1.165, 1.54) is 5.56 Å². The van der Waals surface area contributed by atoms with E-state index in [0.717, 1.165) is 17.8 Å². The molecular weight excluding hydrogens is 198 g/mol. The van der Waals surface area contributed by atoms with Crippen molar-refractivity contribution >= 4 is 5.65 Å². The smallest absolute Gasteiger partial charge is 0.137 e. The molecule has 0 aliphatic carbocycles. The largest absolute Gasteiger partial charge is 0.323 e. The van der Waals surface area contributed by atoms with Crippen LogP contribution in [0.1, 0.15) is 37.6 Å². The van der Waals surface area contributed by atoms with Crippen molar-refractivity contribution in [3.05, 3.63) is 35.8 Å². The molecule has 1 unspecified atom stereocenters. The highest BCUT2D eigenvalue weighted by Crippen LogP contribution is 2.20. The first-order valence-electron chi connectivity index (χ1n) is 5.77. The molecule has 0 spiro atoms. The average Bonchev–Trinajstić information content (AvgIpc) is 2.59. The van der Waals surface area contributed by atoms with E-state index in [2.05, 4.69) is 42.3 Å². The van der Waals surface area contributed by atoms with Crippen LogP contribution in [0.25, 0.3) is 5.65 Å². The molecule has 2 rings (SSSR count). The SMILES string of the molecule is Cc1ccn2c(C(N)CC(C)C)cnc2c1. The maximum absolute atomic E-state index is 6.18. The van der Waals surface area contributed by atoms with Crippen molar-refractivity contribution in [3.8, 4) is 0 Å². The van der Waals surface area contributed by atoms with Crippen LogP contribution < -0.4 is 5.73 Å². The number of hydrogen-bond donors (Lipinski definition) is 1. The standard InChI is InChI=1S/C13H19N3/c1-9(2)6-11(14)12-8-15-13-7-10(3)4-5-16(12)13/h4-5,7-9,11H,6,14H2,1-3H3. The van der Waals surface area contributed by atoms with Crippen LogP contribution in [0.3, 0.4) is 0 Å². The molecule has 16 heavy (non-hydrogen) atoms. The summed E-state index contributed by atoms with van der Waals surface area (Å²) < 4.78 is 2.08. The lowest BCUT2D eigenvalue weighted by Crippen LogP contribution is -2.14. The Morgan fingerprint density at radius 2 is 2.19 bits per heavy atom. The molecule has 0 aromatic carbocycles. The zero-order valence-electron chi connectivity index (χ0n) is 10.1. The summed E-state index contributed by atoms with van der Waals surface area (Å²) in [5, 5.41) is 0. The van der Waals surface area contributed by atoms with Crippen molar-refractivity contribution in [3.63, 3.8) is 0 Å². The summed E-state index contributed by atoms with van der Waals surface area (Å²) in [6, 6.07) is 4.23. The van der Waals surface area contributed by atoms with Gasteiger partial charge in [0.1, 0.15) is 5.65 Å². The number of aromatic nitrogens is 2. The normalized spacial score (nSPS) is 13.6. The highest BCUT2D eigenvalue weighted by atomic mass is 15.0. The Bertz CT molecular complexity index is 485. The molecule has 0 aliphatic heterocycles. The summed E-state index contributed by atoms with van der Waals surface area (Å²) in [5.41, 5.74) is 9.49. The number of nitrogens with two attached hydrogens (primary N) is 1. The van der Waals surface area contributed by atoms with Gasteiger partial charge in [-0.3, -0.25) is 0 Å². The highest BCUT2D eigenvalue weighted by Gasteiger charge is 2.12. The third-order valence-corrected chi connectivity index (χ3v) is 2.80. The van der Waals surface area contributed by atoms with Crippen LogP contribution in [0.15, 0.2) is 24.5 Å². The van der Waals surface area contributed by atoms with Crippen LogP contribution in [-0.2, 0) is 0 Å². The second kappa shape index (κ2) is 4.26. The maximum atomic E-state index is 6.18. The Labute approximate surface area is 96.3 Å². The number of fused-ring (bicyclic) bond motifs is 1. The second-order valence-electron chi connectivity index (χ2n) is 4.85. The van der Waals surface area contributed by atoms with Crippen LogP contribution in [0.4, 0.5) is 0 Å². The van der Waals surface area contributed by atoms with Gasteiger partial charge in [-0.15, -0.1) is 0 Å². The van der Waals surface area contributed by atoms with E-state index in [9.17, 15) is 0 Å². The van der Waals surface area contributed by atoms with Gasteiger partial charge in [0.25, 0.3) is 0 Å². The number of pyridine rings is 1. The summed E-state index contributed by atoms with van der Waals surface area (Å²) >= 11 is 0. The summed E-state index contributed by atoms with van der Waals surface area (Å²) in [7, 11) is 0.